The molecule has 4 amide bonds. The molecule has 0 spiro atoms. The highest BCUT2D eigenvalue weighted by molar-refractivity contribution is 6.30. The molecule has 8 aromatic rings. The van der Waals surface area contributed by atoms with E-state index in [1.165, 1.54) is 40.1 Å². The molecule has 0 radical (unpaired) electrons. The molecule has 15 nitrogen and oxygen atoms in total. The number of nitrogens with one attached hydrogen (secondary N) is 3. The summed E-state index contributed by atoms with van der Waals surface area (Å²) < 4.78 is 13.8. The molecule has 0 aliphatic carbocycles. The summed E-state index contributed by atoms with van der Waals surface area (Å²) in [5, 5.41) is 33.2. The van der Waals surface area contributed by atoms with Gasteiger partial charge in [0.1, 0.15) is 34.2 Å². The van der Waals surface area contributed by atoms with Gasteiger partial charge < -0.3 is 20.8 Å². The molecule has 0 saturated carbocycles. The molecule has 8 rings (SSSR count). The fourth-order valence-corrected chi connectivity index (χ4v) is 7.55. The molecule has 0 aliphatic heterocycles. The number of fused-ring (bicyclic) bond motifs is 2. The topological polar surface area (TPSA) is 195 Å². The van der Waals surface area contributed by atoms with Crippen molar-refractivity contribution in [2.75, 3.05) is 35.3 Å². The average molecular weight is 920 g/mol. The zero-order chi connectivity index (χ0) is 46.5. The van der Waals surface area contributed by atoms with Crippen LogP contribution < -0.4 is 21.0 Å². The summed E-state index contributed by atoms with van der Waals surface area (Å²) in [5.41, 5.74) is 4.62. The van der Waals surface area contributed by atoms with Crippen molar-refractivity contribution in [3.63, 3.8) is 0 Å². The van der Waals surface area contributed by atoms with Crippen LogP contribution in [0, 0.1) is 5.82 Å². The van der Waals surface area contributed by atoms with E-state index in [4.69, 9.17) is 16.6 Å². The van der Waals surface area contributed by atoms with Gasteiger partial charge in [-0.1, -0.05) is 84.4 Å². The number of aliphatic hydroxyl groups excluding tert-OH is 1. The Kier molecular flexibility index (Phi) is 15.0. The van der Waals surface area contributed by atoms with Gasteiger partial charge in [0.05, 0.1) is 24.2 Å². The Morgan fingerprint density at radius 3 is 2.10 bits per heavy atom. The molecule has 4 aromatic heterocycles. The van der Waals surface area contributed by atoms with E-state index in [2.05, 4.69) is 53.0 Å². The van der Waals surface area contributed by atoms with E-state index in [0.29, 0.717) is 53.2 Å². The second-order valence-corrected chi connectivity index (χ2v) is 16.1. The normalized spacial score (nSPS) is 11.6. The number of carbonyl (C=O) groups is 2. The maximum atomic E-state index is 14.7. The molecule has 340 valence electrons. The van der Waals surface area contributed by atoms with E-state index >= 15 is 0 Å². The highest BCUT2D eigenvalue weighted by Gasteiger charge is 2.30. The minimum absolute atomic E-state index is 0.0931. The van der Waals surface area contributed by atoms with E-state index < -0.39 is 24.0 Å². The smallest absolute Gasteiger partial charge is 0.342 e. The number of unbranched alkanes of at least 4 members (excludes halogenated alkanes) is 2. The Bertz CT molecular complexity index is 2970. The number of aryl methyl sites for hydroxylation is 2. The first-order chi connectivity index (χ1) is 32.7. The Hall–Kier alpha value is -7.82. The largest absolute Gasteiger partial charge is 0.507 e. The van der Waals surface area contributed by atoms with Crippen molar-refractivity contribution in [1.29, 1.82) is 0 Å². The number of phenols is 1. The number of nitrogens with zero attached hydrogens (tertiary/aromatic N) is 8. The van der Waals surface area contributed by atoms with Crippen molar-refractivity contribution in [3.8, 4) is 17.0 Å². The fraction of sp³-hybridized carbons (Fsp3) is 0.200. The number of anilines is 3. The third-order valence-corrected chi connectivity index (χ3v) is 11.0. The van der Waals surface area contributed by atoms with Crippen molar-refractivity contribution in [1.82, 2.24) is 40.2 Å². The third-order valence-electron chi connectivity index (χ3n) is 10.8. The highest BCUT2D eigenvalue weighted by Crippen LogP contribution is 2.29. The van der Waals surface area contributed by atoms with Gasteiger partial charge in [0.25, 0.3) is 0 Å². The molecular formula is C50H47ClFN11O4. The lowest BCUT2D eigenvalue weighted by Gasteiger charge is -2.34. The number of aromatic nitrogens is 6. The summed E-state index contributed by atoms with van der Waals surface area (Å²) in [5.74, 6) is -0.394. The fourth-order valence-electron chi connectivity index (χ4n) is 7.35. The standard InChI is InChI=1S/C50H47ClFN11O4/c51-36-19-11-18-35(28-36)43(65)31-56-45-32-55-40-23-25-46(61-48(40)59-45)63(49(66)53-26-9-7-16-33-12-3-1-4-13-33)62(27-10-8-17-34-14-5-2-6-15-34)50(67)60-44-24-22-39-47(58-44)57-41(30-54-39)38-21-20-37(52)29-42(38)64/h1-6,11-15,18-25,28-30,32,43,64-65H,7-10,16-17,26-27,31H2,(H,53,66)(H,56,59,61)(H,57,58,60,67)/t43-/m1/s1. The summed E-state index contributed by atoms with van der Waals surface area (Å²) in [6, 6.07) is 35.8. The molecule has 17 heteroatoms. The number of hydrogen-bond donors (Lipinski definition) is 5. The maximum absolute atomic E-state index is 14.7. The molecule has 0 aliphatic rings. The zero-order valence-electron chi connectivity index (χ0n) is 36.3. The molecule has 4 heterocycles. The second-order valence-electron chi connectivity index (χ2n) is 15.7. The SMILES string of the molecule is O=C(Nc1ccc2ncc(-c3ccc(F)cc3O)nc2n1)N(CCCCc1ccccc1)N(C(=O)NCCCCc1ccccc1)c1ccc2ncc(NC[C@@H](O)c3cccc(Cl)c3)nc2n1. The molecule has 1 atom stereocenters. The van der Waals surface area contributed by atoms with Gasteiger partial charge >= 0.3 is 12.1 Å². The quantitative estimate of drug-likeness (QED) is 0.0431. The Morgan fingerprint density at radius 2 is 1.37 bits per heavy atom. The van der Waals surface area contributed by atoms with Gasteiger partial charge in [-0.3, -0.25) is 10.3 Å². The van der Waals surface area contributed by atoms with Gasteiger partial charge in [-0.15, -0.1) is 0 Å². The average Bonchev–Trinajstić information content (AvgIpc) is 3.34. The van der Waals surface area contributed by atoms with Crippen LogP contribution >= 0.6 is 11.6 Å². The van der Waals surface area contributed by atoms with E-state index in [-0.39, 0.29) is 53.0 Å². The van der Waals surface area contributed by atoms with Gasteiger partial charge in [0.15, 0.2) is 17.1 Å². The minimum atomic E-state index is -0.897. The molecule has 0 saturated heterocycles. The molecular weight excluding hydrogens is 873 g/mol. The number of hydrazine groups is 1. The lowest BCUT2D eigenvalue weighted by molar-refractivity contribution is 0.191. The number of phenolic OH excluding ortho intramolecular Hbond substituents is 1. The van der Waals surface area contributed by atoms with Crippen molar-refractivity contribution in [3.05, 3.63) is 167 Å². The monoisotopic (exact) mass is 919 g/mol. The van der Waals surface area contributed by atoms with Crippen LogP contribution in [0.1, 0.15) is 48.5 Å². The third kappa shape index (κ3) is 12.1. The lowest BCUT2D eigenvalue weighted by atomic mass is 10.1. The summed E-state index contributed by atoms with van der Waals surface area (Å²) in [6.45, 7) is 0.509. The minimum Gasteiger partial charge on any atom is -0.507 e. The number of aliphatic hydroxyl groups is 1. The van der Waals surface area contributed by atoms with Gasteiger partial charge in [0, 0.05) is 36.3 Å². The number of amides is 4. The van der Waals surface area contributed by atoms with Crippen LogP contribution in [-0.4, -0.2) is 76.8 Å². The van der Waals surface area contributed by atoms with Crippen molar-refractivity contribution < 1.29 is 24.2 Å². The predicted octanol–water partition coefficient (Wildman–Crippen LogP) is 9.68. The molecule has 67 heavy (non-hydrogen) atoms. The summed E-state index contributed by atoms with van der Waals surface area (Å²) in [6.07, 6.45) is 6.32. The summed E-state index contributed by atoms with van der Waals surface area (Å²) >= 11 is 6.15. The van der Waals surface area contributed by atoms with Crippen LogP contribution in [0.5, 0.6) is 5.75 Å². The number of halogens is 2. The molecule has 4 aromatic carbocycles. The number of benzene rings is 4. The first-order valence-corrected chi connectivity index (χ1v) is 22.2. The van der Waals surface area contributed by atoms with Crippen molar-refractivity contribution in [2.45, 2.75) is 44.6 Å². The zero-order valence-corrected chi connectivity index (χ0v) is 37.0. The Balaban J connectivity index is 1.09. The molecule has 5 N–H and O–H groups in total. The number of urea groups is 2. The number of pyridine rings is 2. The first kappa shape index (κ1) is 45.7. The Morgan fingerprint density at radius 1 is 0.687 bits per heavy atom. The first-order valence-electron chi connectivity index (χ1n) is 21.8. The Labute approximate surface area is 390 Å². The van der Waals surface area contributed by atoms with Gasteiger partial charge in [0.2, 0.25) is 0 Å². The predicted molar refractivity (Wildman–Crippen MR) is 257 cm³/mol. The molecule has 0 bridgehead atoms. The van der Waals surface area contributed by atoms with Crippen molar-refractivity contribution in [2.24, 2.45) is 0 Å². The summed E-state index contributed by atoms with van der Waals surface area (Å²) in [4.78, 5) is 56.8. The summed E-state index contributed by atoms with van der Waals surface area (Å²) in [7, 11) is 0. The number of carbonyl (C=O) groups excluding carboxylic acids is 2. The number of hydrogen-bond acceptors (Lipinski definition) is 11. The van der Waals surface area contributed by atoms with Crippen LogP contribution in [0.25, 0.3) is 33.6 Å². The van der Waals surface area contributed by atoms with Gasteiger partial charge in [-0.05, 0) is 104 Å². The van der Waals surface area contributed by atoms with E-state index in [0.717, 1.165) is 30.9 Å². The number of rotatable bonds is 17. The van der Waals surface area contributed by atoms with E-state index in [1.807, 2.05) is 48.5 Å². The highest BCUT2D eigenvalue weighted by atomic mass is 35.5. The van der Waals surface area contributed by atoms with Crippen LogP contribution in [0.4, 0.5) is 31.4 Å². The van der Waals surface area contributed by atoms with E-state index in [9.17, 15) is 24.2 Å². The van der Waals surface area contributed by atoms with Crippen LogP contribution in [-0.2, 0) is 12.8 Å². The van der Waals surface area contributed by atoms with Crippen LogP contribution in [0.2, 0.25) is 5.02 Å². The molecule has 0 fully saturated rings. The van der Waals surface area contributed by atoms with Crippen LogP contribution in [0.15, 0.2) is 140 Å². The van der Waals surface area contributed by atoms with Gasteiger partial charge in [-0.2, -0.15) is 5.01 Å². The second kappa shape index (κ2) is 21.9. The van der Waals surface area contributed by atoms with E-state index in [1.54, 1.807) is 48.5 Å². The van der Waals surface area contributed by atoms with Crippen molar-refractivity contribution >= 4 is 63.4 Å². The maximum Gasteiger partial charge on any atom is 0.342 e. The van der Waals surface area contributed by atoms with Crippen LogP contribution in [0.3, 0.4) is 0 Å². The number of aromatic hydroxyl groups is 1. The lowest BCUT2D eigenvalue weighted by Crippen LogP contribution is -2.56. The molecule has 0 unspecified atom stereocenters. The van der Waals surface area contributed by atoms with Gasteiger partial charge in [-0.25, -0.2) is 43.9 Å².